The first kappa shape index (κ1) is 16.9. The number of halogens is 1. The average molecular weight is 411 g/mol. The first-order valence-electron chi connectivity index (χ1n) is 8.64. The number of fused-ring (bicyclic) bond motifs is 1. The maximum atomic E-state index is 12.6. The molecule has 1 aromatic heterocycles. The van der Waals surface area contributed by atoms with Gasteiger partial charge in [-0.05, 0) is 48.4 Å². The van der Waals surface area contributed by atoms with Crippen LogP contribution in [0, 0.1) is 0 Å². The minimum Gasteiger partial charge on any atom is -0.467 e. The van der Waals surface area contributed by atoms with Gasteiger partial charge in [-0.25, -0.2) is 0 Å². The van der Waals surface area contributed by atoms with Crippen LogP contribution in [0.5, 0.6) is 0 Å². The Kier molecular flexibility index (Phi) is 4.80. The second kappa shape index (κ2) is 7.38. The normalized spacial score (nSPS) is 14.1. The van der Waals surface area contributed by atoms with Gasteiger partial charge in [0.15, 0.2) is 0 Å². The van der Waals surface area contributed by atoms with Crippen molar-refractivity contribution in [1.82, 2.24) is 5.32 Å². The average Bonchev–Trinajstić information content (AvgIpc) is 3.32. The number of carbonyl (C=O) groups is 1. The van der Waals surface area contributed by atoms with E-state index in [4.69, 9.17) is 4.42 Å². The molecule has 4 rings (SSSR count). The number of para-hydroxylation sites is 1. The fourth-order valence-electron chi connectivity index (χ4n) is 3.45. The Morgan fingerprint density at radius 3 is 2.85 bits per heavy atom. The van der Waals surface area contributed by atoms with Crippen LogP contribution in [0.15, 0.2) is 75.8 Å². The smallest absolute Gasteiger partial charge is 0.251 e. The lowest BCUT2D eigenvalue weighted by molar-refractivity contribution is 0.0950. The van der Waals surface area contributed by atoms with Crippen LogP contribution in [0.3, 0.4) is 0 Å². The molecule has 26 heavy (non-hydrogen) atoms. The number of hydrogen-bond donors (Lipinski definition) is 1. The number of anilines is 1. The van der Waals surface area contributed by atoms with Gasteiger partial charge in [0.25, 0.3) is 5.91 Å². The van der Waals surface area contributed by atoms with Crippen molar-refractivity contribution in [3.05, 3.63) is 88.3 Å². The molecule has 5 heteroatoms. The molecule has 0 aliphatic carbocycles. The predicted molar refractivity (Wildman–Crippen MR) is 105 cm³/mol. The second-order valence-electron chi connectivity index (χ2n) is 6.32. The van der Waals surface area contributed by atoms with Crippen LogP contribution in [0.4, 0.5) is 5.69 Å². The fourth-order valence-corrected chi connectivity index (χ4v) is 3.85. The van der Waals surface area contributed by atoms with Crippen molar-refractivity contribution in [2.75, 3.05) is 18.0 Å². The molecule has 1 atom stereocenters. The van der Waals surface area contributed by atoms with Crippen molar-refractivity contribution in [2.45, 2.75) is 12.5 Å². The van der Waals surface area contributed by atoms with Crippen molar-refractivity contribution in [3.63, 3.8) is 0 Å². The third-order valence-corrected chi connectivity index (χ3v) is 5.21. The Balaban J connectivity index is 1.55. The number of nitrogens with zero attached hydrogens (tertiary/aromatic N) is 1. The number of carbonyl (C=O) groups excluding carboxylic acids is 1. The van der Waals surface area contributed by atoms with Crippen molar-refractivity contribution < 1.29 is 9.21 Å². The highest BCUT2D eigenvalue weighted by atomic mass is 79.9. The van der Waals surface area contributed by atoms with E-state index in [1.54, 1.807) is 6.26 Å². The lowest BCUT2D eigenvalue weighted by Crippen LogP contribution is -2.37. The molecule has 1 aliphatic rings. The van der Waals surface area contributed by atoms with E-state index < -0.39 is 0 Å². The Morgan fingerprint density at radius 2 is 2.04 bits per heavy atom. The van der Waals surface area contributed by atoms with E-state index in [2.05, 4.69) is 50.4 Å². The second-order valence-corrected chi connectivity index (χ2v) is 7.24. The van der Waals surface area contributed by atoms with Crippen LogP contribution in [-0.4, -0.2) is 19.0 Å². The molecule has 2 aromatic carbocycles. The maximum Gasteiger partial charge on any atom is 0.251 e. The first-order valence-corrected chi connectivity index (χ1v) is 9.43. The zero-order chi connectivity index (χ0) is 17.9. The summed E-state index contributed by atoms with van der Waals surface area (Å²) in [6.45, 7) is 1.39. The van der Waals surface area contributed by atoms with E-state index in [0.29, 0.717) is 12.1 Å². The molecular formula is C21H19BrN2O2. The van der Waals surface area contributed by atoms with E-state index in [-0.39, 0.29) is 11.9 Å². The molecule has 0 saturated carbocycles. The summed E-state index contributed by atoms with van der Waals surface area (Å²) in [5.41, 5.74) is 3.19. The Bertz CT molecular complexity index is 908. The molecule has 132 valence electrons. The zero-order valence-corrected chi connectivity index (χ0v) is 15.8. The molecule has 0 saturated heterocycles. The van der Waals surface area contributed by atoms with Gasteiger partial charge in [-0.1, -0.05) is 40.2 Å². The van der Waals surface area contributed by atoms with Crippen molar-refractivity contribution in [3.8, 4) is 0 Å². The van der Waals surface area contributed by atoms with E-state index in [1.807, 2.05) is 36.4 Å². The molecule has 4 nitrogen and oxygen atoms in total. The topological polar surface area (TPSA) is 45.5 Å². The summed E-state index contributed by atoms with van der Waals surface area (Å²) < 4.78 is 6.57. The molecule has 0 radical (unpaired) electrons. The van der Waals surface area contributed by atoms with Crippen LogP contribution in [0.25, 0.3) is 0 Å². The lowest BCUT2D eigenvalue weighted by Gasteiger charge is -2.29. The van der Waals surface area contributed by atoms with Gasteiger partial charge in [0.05, 0.1) is 6.26 Å². The molecule has 2 heterocycles. The summed E-state index contributed by atoms with van der Waals surface area (Å²) in [6.07, 6.45) is 2.69. The monoisotopic (exact) mass is 410 g/mol. The number of nitrogens with one attached hydrogen (secondary N) is 1. The van der Waals surface area contributed by atoms with Crippen LogP contribution < -0.4 is 10.2 Å². The van der Waals surface area contributed by atoms with E-state index >= 15 is 0 Å². The highest BCUT2D eigenvalue weighted by Gasteiger charge is 2.29. The van der Waals surface area contributed by atoms with E-state index in [1.165, 1.54) is 11.3 Å². The van der Waals surface area contributed by atoms with Crippen LogP contribution >= 0.6 is 15.9 Å². The Morgan fingerprint density at radius 1 is 1.15 bits per heavy atom. The predicted octanol–water partition coefficient (Wildman–Crippen LogP) is 4.58. The number of amides is 1. The van der Waals surface area contributed by atoms with Crippen LogP contribution in [0.2, 0.25) is 0 Å². The summed E-state index contributed by atoms with van der Waals surface area (Å²) in [5, 5.41) is 3.06. The standard InChI is InChI=1S/C21H19BrN2O2/c22-17-7-3-6-16(13-17)21(25)23-14-19(20-9-4-12-26-20)24-11-10-15-5-1-2-8-18(15)24/h1-9,12-13,19H,10-11,14H2,(H,23,25)/t19-/m0/s1. The summed E-state index contributed by atoms with van der Waals surface area (Å²) in [6, 6.07) is 19.6. The molecule has 0 fully saturated rings. The van der Waals surface area contributed by atoms with Gasteiger partial charge in [-0.15, -0.1) is 0 Å². The quantitative estimate of drug-likeness (QED) is 0.669. The number of rotatable bonds is 5. The van der Waals surface area contributed by atoms with Crippen LogP contribution in [-0.2, 0) is 6.42 Å². The number of furan rings is 1. The van der Waals surface area contributed by atoms with Gasteiger partial charge in [-0.3, -0.25) is 4.79 Å². The fraction of sp³-hybridized carbons (Fsp3) is 0.190. The number of benzene rings is 2. The molecule has 0 spiro atoms. The largest absolute Gasteiger partial charge is 0.467 e. The number of hydrogen-bond acceptors (Lipinski definition) is 3. The minimum atomic E-state index is -0.0876. The molecule has 1 amide bonds. The molecule has 1 aliphatic heterocycles. The van der Waals surface area contributed by atoms with Crippen molar-refractivity contribution in [1.29, 1.82) is 0 Å². The molecule has 0 bridgehead atoms. The van der Waals surface area contributed by atoms with Crippen LogP contribution in [0.1, 0.15) is 27.7 Å². The van der Waals surface area contributed by atoms with Gasteiger partial charge in [0, 0.05) is 28.8 Å². The molecule has 0 unspecified atom stereocenters. The van der Waals surface area contributed by atoms with Crippen molar-refractivity contribution >= 4 is 27.5 Å². The Hall–Kier alpha value is -2.53. The lowest BCUT2D eigenvalue weighted by atomic mass is 10.1. The van der Waals surface area contributed by atoms with Gasteiger partial charge >= 0.3 is 0 Å². The summed E-state index contributed by atoms with van der Waals surface area (Å²) in [7, 11) is 0. The highest BCUT2D eigenvalue weighted by Crippen LogP contribution is 2.35. The first-order chi connectivity index (χ1) is 12.7. The highest BCUT2D eigenvalue weighted by molar-refractivity contribution is 9.10. The van der Waals surface area contributed by atoms with Crippen molar-refractivity contribution in [2.24, 2.45) is 0 Å². The van der Waals surface area contributed by atoms with Gasteiger partial charge in [0.1, 0.15) is 11.8 Å². The summed E-state index contributed by atoms with van der Waals surface area (Å²) in [4.78, 5) is 14.9. The zero-order valence-electron chi connectivity index (χ0n) is 14.2. The summed E-state index contributed by atoms with van der Waals surface area (Å²) in [5.74, 6) is 0.770. The molecule has 3 aromatic rings. The molecular weight excluding hydrogens is 392 g/mol. The minimum absolute atomic E-state index is 0.0373. The third kappa shape index (κ3) is 3.40. The van der Waals surface area contributed by atoms with Gasteiger partial charge in [0.2, 0.25) is 0 Å². The third-order valence-electron chi connectivity index (χ3n) is 4.71. The van der Waals surface area contributed by atoms with Gasteiger partial charge in [-0.2, -0.15) is 0 Å². The van der Waals surface area contributed by atoms with E-state index in [0.717, 1.165) is 23.2 Å². The maximum absolute atomic E-state index is 12.6. The summed E-state index contributed by atoms with van der Waals surface area (Å²) >= 11 is 3.41. The SMILES string of the molecule is O=C(NC[C@@H](c1ccco1)N1CCc2ccccc21)c1cccc(Br)c1. The van der Waals surface area contributed by atoms with Gasteiger partial charge < -0.3 is 14.6 Å². The molecule has 1 N–H and O–H groups in total. The van der Waals surface area contributed by atoms with E-state index in [9.17, 15) is 4.79 Å². The Labute approximate surface area is 160 Å².